The molecule has 0 bridgehead atoms. The second kappa shape index (κ2) is 10.3. The van der Waals surface area contributed by atoms with Gasteiger partial charge in [0.25, 0.3) is 0 Å². The van der Waals surface area contributed by atoms with E-state index in [0.29, 0.717) is 17.3 Å². The maximum atomic E-state index is 13.2. The molecule has 33 heavy (non-hydrogen) atoms. The van der Waals surface area contributed by atoms with E-state index in [1.54, 1.807) is 0 Å². The Balaban J connectivity index is 1.86. The summed E-state index contributed by atoms with van der Waals surface area (Å²) in [5.41, 5.74) is 4.20. The van der Waals surface area contributed by atoms with Crippen molar-refractivity contribution in [3.8, 4) is 0 Å². The number of esters is 1. The lowest BCUT2D eigenvalue weighted by molar-refractivity contribution is -0.139. The zero-order valence-corrected chi connectivity index (χ0v) is 19.5. The Kier molecular flexibility index (Phi) is 7.05. The molecule has 4 rings (SSSR count). The Morgan fingerprint density at radius 1 is 0.939 bits per heavy atom. The highest BCUT2D eigenvalue weighted by atomic mass is 32.1. The van der Waals surface area contributed by atoms with Gasteiger partial charge in [-0.05, 0) is 49.3 Å². The van der Waals surface area contributed by atoms with Gasteiger partial charge in [0.05, 0.1) is 18.2 Å². The summed E-state index contributed by atoms with van der Waals surface area (Å²) in [5.74, 6) is -0.352. The molecule has 0 amide bonds. The molecular weight excluding hydrogens is 430 g/mol. The van der Waals surface area contributed by atoms with Crippen LogP contribution in [0, 0.1) is 0 Å². The molecule has 0 saturated heterocycles. The number of ether oxygens (including phenoxy) is 1. The SMILES string of the molecule is CCOC(=O)C1=C(C)N[C@@H](c2ccccc2)N(C(=S)Nc2ccccc2)[C@H]1c1ccccc1. The predicted octanol–water partition coefficient (Wildman–Crippen LogP) is 5.57. The maximum Gasteiger partial charge on any atom is 0.338 e. The monoisotopic (exact) mass is 457 g/mol. The van der Waals surface area contributed by atoms with Crippen molar-refractivity contribution in [2.24, 2.45) is 0 Å². The van der Waals surface area contributed by atoms with Crippen LogP contribution in [0.2, 0.25) is 0 Å². The van der Waals surface area contributed by atoms with Crippen LogP contribution in [-0.2, 0) is 9.53 Å². The first-order valence-electron chi connectivity index (χ1n) is 11.0. The molecule has 0 aromatic heterocycles. The standard InChI is InChI=1S/C27H27N3O2S/c1-3-32-26(31)23-19(2)28-25(21-15-9-5-10-16-21)30(24(23)20-13-7-4-8-14-20)27(33)29-22-17-11-6-12-18-22/h4-18,24-25,28H,3H2,1-2H3,(H,29,33)/t24-,25+/m0/s1. The van der Waals surface area contributed by atoms with E-state index in [2.05, 4.69) is 22.8 Å². The van der Waals surface area contributed by atoms with Crippen LogP contribution < -0.4 is 10.6 Å². The second-order valence-electron chi connectivity index (χ2n) is 7.73. The molecule has 0 spiro atoms. The number of hydrogen-bond acceptors (Lipinski definition) is 4. The molecule has 3 aromatic carbocycles. The molecule has 0 fully saturated rings. The highest BCUT2D eigenvalue weighted by Gasteiger charge is 2.41. The van der Waals surface area contributed by atoms with Gasteiger partial charge in [0, 0.05) is 11.4 Å². The highest BCUT2D eigenvalue weighted by molar-refractivity contribution is 7.80. The van der Waals surface area contributed by atoms with E-state index >= 15 is 0 Å². The molecule has 0 radical (unpaired) electrons. The molecule has 1 aliphatic rings. The van der Waals surface area contributed by atoms with Crippen LogP contribution in [0.4, 0.5) is 5.69 Å². The molecule has 5 nitrogen and oxygen atoms in total. The van der Waals surface area contributed by atoms with Gasteiger partial charge in [-0.25, -0.2) is 4.79 Å². The van der Waals surface area contributed by atoms with Crippen molar-refractivity contribution in [3.63, 3.8) is 0 Å². The first kappa shape index (κ1) is 22.6. The zero-order chi connectivity index (χ0) is 23.2. The summed E-state index contributed by atoms with van der Waals surface area (Å²) in [6.45, 7) is 4.03. The first-order chi connectivity index (χ1) is 16.1. The summed E-state index contributed by atoms with van der Waals surface area (Å²) < 4.78 is 5.46. The van der Waals surface area contributed by atoms with Gasteiger partial charge in [-0.2, -0.15) is 0 Å². The summed E-state index contributed by atoms with van der Waals surface area (Å²) >= 11 is 5.95. The number of anilines is 1. The lowest BCUT2D eigenvalue weighted by Gasteiger charge is -2.45. The zero-order valence-electron chi connectivity index (χ0n) is 18.7. The number of benzene rings is 3. The normalized spacial score (nSPS) is 17.8. The van der Waals surface area contributed by atoms with Gasteiger partial charge in [-0.1, -0.05) is 78.9 Å². The molecule has 2 N–H and O–H groups in total. The Morgan fingerprint density at radius 3 is 2.06 bits per heavy atom. The van der Waals surface area contributed by atoms with Crippen molar-refractivity contribution in [2.75, 3.05) is 11.9 Å². The van der Waals surface area contributed by atoms with E-state index in [-0.39, 0.29) is 12.1 Å². The lowest BCUT2D eigenvalue weighted by atomic mass is 9.91. The number of rotatable bonds is 5. The summed E-state index contributed by atoms with van der Waals surface area (Å²) in [5, 5.41) is 7.38. The van der Waals surface area contributed by atoms with Crippen molar-refractivity contribution in [3.05, 3.63) is 113 Å². The van der Waals surface area contributed by atoms with Gasteiger partial charge < -0.3 is 20.3 Å². The van der Waals surface area contributed by atoms with E-state index < -0.39 is 6.04 Å². The van der Waals surface area contributed by atoms with E-state index in [1.807, 2.05) is 97.6 Å². The molecule has 3 aromatic rings. The van der Waals surface area contributed by atoms with Crippen molar-refractivity contribution >= 4 is 29.0 Å². The van der Waals surface area contributed by atoms with Crippen LogP contribution in [0.1, 0.15) is 37.2 Å². The molecule has 6 heteroatoms. The van der Waals surface area contributed by atoms with Gasteiger partial charge in [0.2, 0.25) is 0 Å². The van der Waals surface area contributed by atoms with E-state index in [1.165, 1.54) is 0 Å². The van der Waals surface area contributed by atoms with Crippen molar-refractivity contribution in [1.82, 2.24) is 10.2 Å². The summed E-state index contributed by atoms with van der Waals surface area (Å²) in [6.07, 6.45) is -0.279. The molecule has 1 aliphatic heterocycles. The fourth-order valence-electron chi connectivity index (χ4n) is 4.11. The van der Waals surface area contributed by atoms with Gasteiger partial charge >= 0.3 is 5.97 Å². The topological polar surface area (TPSA) is 53.6 Å². The average molecular weight is 458 g/mol. The largest absolute Gasteiger partial charge is 0.463 e. The number of thiocarbonyl (C=S) groups is 1. The average Bonchev–Trinajstić information content (AvgIpc) is 2.85. The Morgan fingerprint density at radius 2 is 1.48 bits per heavy atom. The molecule has 0 aliphatic carbocycles. The van der Waals surface area contributed by atoms with Crippen LogP contribution in [0.5, 0.6) is 0 Å². The molecule has 168 valence electrons. The Bertz CT molecular complexity index is 1130. The van der Waals surface area contributed by atoms with E-state index in [4.69, 9.17) is 17.0 Å². The second-order valence-corrected chi connectivity index (χ2v) is 8.12. The maximum absolute atomic E-state index is 13.2. The van der Waals surface area contributed by atoms with Gasteiger partial charge in [0.15, 0.2) is 5.11 Å². The van der Waals surface area contributed by atoms with Crippen LogP contribution >= 0.6 is 12.2 Å². The van der Waals surface area contributed by atoms with E-state index in [0.717, 1.165) is 22.5 Å². The summed E-state index contributed by atoms with van der Waals surface area (Å²) in [7, 11) is 0. The molecule has 0 unspecified atom stereocenters. The summed E-state index contributed by atoms with van der Waals surface area (Å²) in [4.78, 5) is 15.2. The van der Waals surface area contributed by atoms with Crippen LogP contribution in [-0.4, -0.2) is 22.6 Å². The van der Waals surface area contributed by atoms with Crippen LogP contribution in [0.3, 0.4) is 0 Å². The summed E-state index contributed by atoms with van der Waals surface area (Å²) in [6, 6.07) is 29.4. The minimum Gasteiger partial charge on any atom is -0.463 e. The molecule has 2 atom stereocenters. The molecule has 0 saturated carbocycles. The quantitative estimate of drug-likeness (QED) is 0.386. The van der Waals surface area contributed by atoms with Crippen molar-refractivity contribution in [1.29, 1.82) is 0 Å². The predicted molar refractivity (Wildman–Crippen MR) is 135 cm³/mol. The van der Waals surface area contributed by atoms with Crippen molar-refractivity contribution < 1.29 is 9.53 Å². The van der Waals surface area contributed by atoms with E-state index in [9.17, 15) is 4.79 Å². The number of nitrogens with one attached hydrogen (secondary N) is 2. The molecule has 1 heterocycles. The first-order valence-corrected chi connectivity index (χ1v) is 11.4. The Labute approximate surface area is 200 Å². The fourth-order valence-corrected chi connectivity index (χ4v) is 4.43. The third kappa shape index (κ3) is 4.91. The third-order valence-electron chi connectivity index (χ3n) is 5.57. The van der Waals surface area contributed by atoms with Crippen LogP contribution in [0.25, 0.3) is 0 Å². The van der Waals surface area contributed by atoms with Gasteiger partial charge in [0.1, 0.15) is 6.17 Å². The highest BCUT2D eigenvalue weighted by Crippen LogP contribution is 2.41. The lowest BCUT2D eigenvalue weighted by Crippen LogP contribution is -2.51. The smallest absolute Gasteiger partial charge is 0.338 e. The van der Waals surface area contributed by atoms with Crippen LogP contribution in [0.15, 0.2) is 102 Å². The fraction of sp³-hybridized carbons (Fsp3) is 0.185. The van der Waals surface area contributed by atoms with Gasteiger partial charge in [-0.15, -0.1) is 0 Å². The molecular formula is C27H27N3O2S. The number of allylic oxidation sites excluding steroid dienone is 1. The third-order valence-corrected chi connectivity index (χ3v) is 5.89. The number of hydrogen-bond donors (Lipinski definition) is 2. The number of carbonyl (C=O) groups is 1. The minimum atomic E-state index is -0.430. The number of nitrogens with zero attached hydrogens (tertiary/aromatic N) is 1. The number of carbonyl (C=O) groups excluding carboxylic acids is 1. The minimum absolute atomic E-state index is 0.279. The van der Waals surface area contributed by atoms with Gasteiger partial charge in [-0.3, -0.25) is 0 Å². The number of para-hydroxylation sites is 1. The van der Waals surface area contributed by atoms with Crippen molar-refractivity contribution in [2.45, 2.75) is 26.1 Å². The Hall–Kier alpha value is -3.64.